The molecular weight excluding hydrogens is 436 g/mol. The molecule has 0 radical (unpaired) electrons. The van der Waals surface area contributed by atoms with Crippen molar-refractivity contribution >= 4 is 18.2 Å². The van der Waals surface area contributed by atoms with Crippen molar-refractivity contribution in [3.05, 3.63) is 34.6 Å². The number of aliphatic imine (C=N–C) groups is 2. The van der Waals surface area contributed by atoms with Gasteiger partial charge in [0.2, 0.25) is 0 Å². The number of aryl methyl sites for hydroxylation is 1. The van der Waals surface area contributed by atoms with Crippen LogP contribution in [0.1, 0.15) is 56.1 Å². The Bertz CT molecular complexity index is 1080. The van der Waals surface area contributed by atoms with Gasteiger partial charge in [-0.15, -0.1) is 0 Å². The lowest BCUT2D eigenvalue weighted by Crippen LogP contribution is -2.24. The van der Waals surface area contributed by atoms with Crippen LogP contribution in [0.4, 0.5) is 0 Å². The highest BCUT2D eigenvalue weighted by Crippen LogP contribution is 2.37. The maximum atomic E-state index is 11.0. The monoisotopic (exact) mass is 470 g/mol. The average Bonchev–Trinajstić information content (AvgIpc) is 3.16. The molecule has 0 aliphatic heterocycles. The van der Waals surface area contributed by atoms with E-state index in [4.69, 9.17) is 24.4 Å². The van der Waals surface area contributed by atoms with Crippen molar-refractivity contribution in [2.75, 3.05) is 21.3 Å². The number of hydrogen-bond acceptors (Lipinski definition) is 6. The summed E-state index contributed by atoms with van der Waals surface area (Å²) in [5.74, 6) is 1.06. The molecule has 3 rings (SSSR count). The zero-order chi connectivity index (χ0) is 24.9. The van der Waals surface area contributed by atoms with Gasteiger partial charge in [0.1, 0.15) is 22.9 Å². The van der Waals surface area contributed by atoms with Gasteiger partial charge >= 0.3 is 5.97 Å². The molecule has 34 heavy (non-hydrogen) atoms. The fraction of sp³-hybridized carbons (Fsp3) is 0.520. The highest BCUT2D eigenvalue weighted by atomic mass is 16.5. The maximum absolute atomic E-state index is 11.0. The first-order chi connectivity index (χ1) is 16.2. The topological polar surface area (TPSA) is 108 Å². The number of benzene rings is 1. The van der Waals surface area contributed by atoms with Gasteiger partial charge in [0.25, 0.3) is 0 Å². The smallest absolute Gasteiger partial charge is 0.303 e. The fourth-order valence-electron chi connectivity index (χ4n) is 4.31. The van der Waals surface area contributed by atoms with E-state index in [9.17, 15) is 4.79 Å². The van der Waals surface area contributed by atoms with Gasteiger partial charge in [-0.25, -0.2) is 0 Å². The van der Waals surface area contributed by atoms with Crippen LogP contribution in [0.15, 0.2) is 22.1 Å². The molecule has 0 saturated carbocycles. The van der Waals surface area contributed by atoms with Crippen LogP contribution in [0.2, 0.25) is 0 Å². The molecule has 0 unspecified atom stereocenters. The van der Waals surface area contributed by atoms with Gasteiger partial charge in [-0.3, -0.25) is 14.5 Å². The Hall–Kier alpha value is -3.36. The lowest BCUT2D eigenvalue weighted by Gasteiger charge is -2.30. The van der Waals surface area contributed by atoms with Crippen molar-refractivity contribution < 1.29 is 24.1 Å². The molecule has 1 N–H and O–H groups in total. The molecule has 9 nitrogen and oxygen atoms in total. The first-order valence-electron chi connectivity index (χ1n) is 11.4. The third kappa shape index (κ3) is 5.58. The molecular formula is C25H34N4O5. The van der Waals surface area contributed by atoms with Crippen LogP contribution >= 0.6 is 0 Å². The fourth-order valence-corrected chi connectivity index (χ4v) is 4.31. The lowest BCUT2D eigenvalue weighted by molar-refractivity contribution is -0.136. The molecule has 0 fully saturated rings. The van der Waals surface area contributed by atoms with E-state index < -0.39 is 5.97 Å². The second-order valence-electron chi connectivity index (χ2n) is 9.03. The zero-order valence-corrected chi connectivity index (χ0v) is 20.8. The number of carbonyl (C=O) groups is 1. The Morgan fingerprint density at radius 2 is 1.94 bits per heavy atom. The Kier molecular flexibility index (Phi) is 7.96. The van der Waals surface area contributed by atoms with Gasteiger partial charge in [0, 0.05) is 49.0 Å². The number of fused-ring (bicyclic) bond motifs is 1. The summed E-state index contributed by atoms with van der Waals surface area (Å²) in [5, 5.41) is 13.8. The first-order valence-corrected chi connectivity index (χ1v) is 11.4. The van der Waals surface area contributed by atoms with Crippen molar-refractivity contribution in [2.24, 2.45) is 15.4 Å². The summed E-state index contributed by atoms with van der Waals surface area (Å²) in [7, 11) is 4.74. The third-order valence-corrected chi connectivity index (χ3v) is 6.12. The van der Waals surface area contributed by atoms with Crippen LogP contribution in [0.5, 0.6) is 17.2 Å². The largest absolute Gasteiger partial charge is 0.496 e. The Balaban J connectivity index is 1.83. The van der Waals surface area contributed by atoms with E-state index >= 15 is 0 Å². The zero-order valence-electron chi connectivity index (χ0n) is 20.8. The van der Waals surface area contributed by atoms with Crippen molar-refractivity contribution in [3.8, 4) is 17.2 Å². The Morgan fingerprint density at radius 1 is 1.26 bits per heavy atom. The molecule has 0 spiro atoms. The highest BCUT2D eigenvalue weighted by Gasteiger charge is 2.31. The molecule has 1 heterocycles. The number of nitrogens with zero attached hydrogens (tertiary/aromatic N) is 4. The highest BCUT2D eigenvalue weighted by molar-refractivity contribution is 6.02. The van der Waals surface area contributed by atoms with Gasteiger partial charge in [-0.2, -0.15) is 10.1 Å². The summed E-state index contributed by atoms with van der Waals surface area (Å²) < 4.78 is 18.7. The second kappa shape index (κ2) is 10.7. The third-order valence-electron chi connectivity index (χ3n) is 6.12. The molecule has 1 aliphatic carbocycles. The van der Waals surface area contributed by atoms with Crippen LogP contribution in [-0.4, -0.2) is 54.4 Å². The lowest BCUT2D eigenvalue weighted by atomic mass is 9.76. The molecule has 0 atom stereocenters. The normalized spacial score (nSPS) is 15.3. The van der Waals surface area contributed by atoms with Gasteiger partial charge < -0.3 is 19.3 Å². The number of aromatic nitrogens is 2. The minimum Gasteiger partial charge on any atom is -0.496 e. The molecule has 1 aromatic carbocycles. The van der Waals surface area contributed by atoms with Gasteiger partial charge in [0.05, 0.1) is 14.2 Å². The first kappa shape index (κ1) is 25.3. The number of rotatable bonds is 9. The van der Waals surface area contributed by atoms with Crippen molar-refractivity contribution in [1.82, 2.24) is 9.78 Å². The number of methoxy groups -OCH3 is 2. The summed E-state index contributed by atoms with van der Waals surface area (Å²) in [6.07, 6.45) is 4.60. The predicted molar refractivity (Wildman–Crippen MR) is 131 cm³/mol. The van der Waals surface area contributed by atoms with E-state index in [2.05, 4.69) is 35.4 Å². The molecule has 1 aromatic heterocycles. The van der Waals surface area contributed by atoms with Gasteiger partial charge in [-0.05, 0) is 38.0 Å². The maximum Gasteiger partial charge on any atom is 0.303 e. The van der Waals surface area contributed by atoms with Gasteiger partial charge in [0.15, 0.2) is 12.2 Å². The van der Waals surface area contributed by atoms with E-state index in [1.165, 1.54) is 31.9 Å². The van der Waals surface area contributed by atoms with E-state index in [1.807, 2.05) is 0 Å². The summed E-state index contributed by atoms with van der Waals surface area (Å²) >= 11 is 0. The molecule has 0 bridgehead atoms. The summed E-state index contributed by atoms with van der Waals surface area (Å²) in [5.41, 5.74) is 4.20. The van der Waals surface area contributed by atoms with Crippen molar-refractivity contribution in [3.63, 3.8) is 0 Å². The summed E-state index contributed by atoms with van der Waals surface area (Å²) in [6.45, 7) is 7.47. The minimum atomic E-state index is -0.890. The summed E-state index contributed by atoms with van der Waals surface area (Å²) in [4.78, 5) is 19.8. The number of aliphatic carboxylic acids is 1. The number of ether oxygens (including phenoxy) is 3. The standard InChI is InChI=1S/C25H34N4O5/c1-7-29-19-14-25(2,3)11-10-17(19)23(28-29)24(26-4)27-15-34-16-12-20(32-5)18(8-9-22(30)31)21(13-16)33-6/h12-13,15H,7-11,14H2,1-6H3,(H,30,31)/b26-24-,27-15-. The minimum absolute atomic E-state index is 0.0311. The van der Waals surface area contributed by atoms with E-state index in [-0.39, 0.29) is 18.3 Å². The number of amidine groups is 1. The molecule has 0 amide bonds. The van der Waals surface area contributed by atoms with Crippen LogP contribution in [0.3, 0.4) is 0 Å². The van der Waals surface area contributed by atoms with E-state index in [0.29, 0.717) is 28.6 Å². The molecule has 9 heteroatoms. The quantitative estimate of drug-likeness (QED) is 0.439. The Labute approximate surface area is 200 Å². The van der Waals surface area contributed by atoms with Gasteiger partial charge in [-0.1, -0.05) is 13.8 Å². The van der Waals surface area contributed by atoms with E-state index in [0.717, 1.165) is 31.5 Å². The van der Waals surface area contributed by atoms with Crippen LogP contribution < -0.4 is 14.2 Å². The predicted octanol–water partition coefficient (Wildman–Crippen LogP) is 3.94. The SMILES string of the molecule is CCn1nc(C(/N=C\Oc2cc(OC)c(CCC(=O)O)c(OC)c2)=N/C)c2c1CC(C)(C)CC2. The van der Waals surface area contributed by atoms with Crippen molar-refractivity contribution in [1.29, 1.82) is 0 Å². The van der Waals surface area contributed by atoms with Crippen LogP contribution in [-0.2, 0) is 30.6 Å². The average molecular weight is 471 g/mol. The summed E-state index contributed by atoms with van der Waals surface area (Å²) in [6, 6.07) is 3.37. The molecule has 1 aliphatic rings. The van der Waals surface area contributed by atoms with Crippen molar-refractivity contribution in [2.45, 2.75) is 59.4 Å². The number of carboxylic acid groups (broad SMARTS) is 1. The number of carboxylic acids is 1. The van der Waals surface area contributed by atoms with Crippen LogP contribution in [0.25, 0.3) is 0 Å². The number of hydrogen-bond donors (Lipinski definition) is 1. The molecule has 184 valence electrons. The Morgan fingerprint density at radius 3 is 2.50 bits per heavy atom. The van der Waals surface area contributed by atoms with Crippen LogP contribution in [0, 0.1) is 5.41 Å². The van der Waals surface area contributed by atoms with E-state index in [1.54, 1.807) is 19.2 Å². The molecule has 0 saturated heterocycles. The second-order valence-corrected chi connectivity index (χ2v) is 9.03. The molecule has 2 aromatic rings.